The van der Waals surface area contributed by atoms with Crippen molar-refractivity contribution in [3.63, 3.8) is 0 Å². The fourth-order valence-electron chi connectivity index (χ4n) is 3.19. The second kappa shape index (κ2) is 8.97. The number of methoxy groups -OCH3 is 1. The van der Waals surface area contributed by atoms with Crippen LogP contribution < -0.4 is 10.1 Å². The zero-order valence-corrected chi connectivity index (χ0v) is 17.3. The van der Waals surface area contributed by atoms with Crippen LogP contribution in [0.25, 0.3) is 5.65 Å². The summed E-state index contributed by atoms with van der Waals surface area (Å²) in [7, 11) is 1.64. The average molecular weight is 421 g/mol. The third-order valence-electron chi connectivity index (χ3n) is 4.87. The highest BCUT2D eigenvalue weighted by atomic mass is 35.5. The Labute approximate surface area is 179 Å². The molecule has 7 heteroatoms. The number of nitrogens with zero attached hydrogens (tertiary/aromatic N) is 3. The van der Waals surface area contributed by atoms with Crippen molar-refractivity contribution >= 4 is 23.2 Å². The maximum absolute atomic E-state index is 12.6. The van der Waals surface area contributed by atoms with Crippen LogP contribution in [0, 0.1) is 0 Å². The molecule has 1 amide bonds. The van der Waals surface area contributed by atoms with E-state index in [2.05, 4.69) is 15.5 Å². The first-order valence-electron chi connectivity index (χ1n) is 9.61. The number of aromatic nitrogens is 3. The minimum atomic E-state index is -0.130. The van der Waals surface area contributed by atoms with Gasteiger partial charge in [0.25, 0.3) is 5.91 Å². The molecule has 0 saturated carbocycles. The van der Waals surface area contributed by atoms with Crippen molar-refractivity contribution in [2.75, 3.05) is 13.7 Å². The molecule has 0 aliphatic rings. The Morgan fingerprint density at radius 1 is 1.00 bits per heavy atom. The molecule has 2 heterocycles. The van der Waals surface area contributed by atoms with Gasteiger partial charge in [-0.1, -0.05) is 35.9 Å². The lowest BCUT2D eigenvalue weighted by Gasteiger charge is -2.07. The second-order valence-corrected chi connectivity index (χ2v) is 7.36. The van der Waals surface area contributed by atoms with E-state index in [1.54, 1.807) is 25.4 Å². The molecule has 4 aromatic rings. The van der Waals surface area contributed by atoms with Crippen LogP contribution in [-0.4, -0.2) is 34.2 Å². The summed E-state index contributed by atoms with van der Waals surface area (Å²) in [5.74, 6) is 1.45. The molecule has 0 bridgehead atoms. The Morgan fingerprint density at radius 3 is 2.47 bits per heavy atom. The summed E-state index contributed by atoms with van der Waals surface area (Å²) < 4.78 is 7.06. The lowest BCUT2D eigenvalue weighted by atomic mass is 10.1. The number of carbonyl (C=O) groups is 1. The van der Waals surface area contributed by atoms with Gasteiger partial charge in [-0.15, -0.1) is 10.2 Å². The molecule has 0 aliphatic carbocycles. The average Bonchev–Trinajstić information content (AvgIpc) is 3.17. The number of ether oxygens (including phenoxy) is 1. The minimum Gasteiger partial charge on any atom is -0.497 e. The van der Waals surface area contributed by atoms with E-state index in [4.69, 9.17) is 16.3 Å². The molecule has 0 unspecified atom stereocenters. The largest absolute Gasteiger partial charge is 0.497 e. The highest BCUT2D eigenvalue weighted by Crippen LogP contribution is 2.15. The van der Waals surface area contributed by atoms with Crippen molar-refractivity contribution in [1.29, 1.82) is 0 Å². The molecule has 2 aromatic carbocycles. The van der Waals surface area contributed by atoms with Crippen molar-refractivity contribution in [2.45, 2.75) is 12.8 Å². The SMILES string of the molecule is COc1ccc(Cc2nnc3ccc(C(=O)NCCc4ccc(Cl)cc4)cn23)cc1. The molecule has 1 N–H and O–H groups in total. The van der Waals surface area contributed by atoms with Crippen LogP contribution in [0.15, 0.2) is 66.9 Å². The van der Waals surface area contributed by atoms with E-state index in [1.807, 2.05) is 52.9 Å². The smallest absolute Gasteiger partial charge is 0.252 e. The summed E-state index contributed by atoms with van der Waals surface area (Å²) in [5.41, 5.74) is 3.48. The van der Waals surface area contributed by atoms with Crippen molar-refractivity contribution < 1.29 is 9.53 Å². The van der Waals surface area contributed by atoms with E-state index in [1.165, 1.54) is 0 Å². The summed E-state index contributed by atoms with van der Waals surface area (Å²) >= 11 is 5.90. The Bertz CT molecular complexity index is 1150. The number of fused-ring (bicyclic) bond motifs is 1. The van der Waals surface area contributed by atoms with Gasteiger partial charge in [0.15, 0.2) is 5.65 Å². The zero-order valence-electron chi connectivity index (χ0n) is 16.5. The molecule has 0 aliphatic heterocycles. The molecular formula is C23H21ClN4O2. The summed E-state index contributed by atoms with van der Waals surface area (Å²) in [5, 5.41) is 12.2. The first-order chi connectivity index (χ1) is 14.6. The molecular weight excluding hydrogens is 400 g/mol. The molecule has 2 aromatic heterocycles. The van der Waals surface area contributed by atoms with Crippen LogP contribution in [0.5, 0.6) is 5.75 Å². The number of benzene rings is 2. The topological polar surface area (TPSA) is 68.5 Å². The monoisotopic (exact) mass is 420 g/mol. The minimum absolute atomic E-state index is 0.130. The molecule has 0 radical (unpaired) electrons. The number of hydrogen-bond acceptors (Lipinski definition) is 4. The quantitative estimate of drug-likeness (QED) is 0.491. The first kappa shape index (κ1) is 19.9. The summed E-state index contributed by atoms with van der Waals surface area (Å²) in [6.45, 7) is 0.541. The molecule has 30 heavy (non-hydrogen) atoms. The molecule has 152 valence electrons. The van der Waals surface area contributed by atoms with Crippen molar-refractivity contribution in [3.05, 3.63) is 94.4 Å². The summed E-state index contributed by atoms with van der Waals surface area (Å²) in [6, 6.07) is 19.0. The van der Waals surface area contributed by atoms with Crippen LogP contribution in [0.1, 0.15) is 27.3 Å². The van der Waals surface area contributed by atoms with Crippen molar-refractivity contribution in [2.24, 2.45) is 0 Å². The highest BCUT2D eigenvalue weighted by Gasteiger charge is 2.11. The Morgan fingerprint density at radius 2 is 1.73 bits per heavy atom. The van der Waals surface area contributed by atoms with Crippen molar-refractivity contribution in [1.82, 2.24) is 19.9 Å². The number of amides is 1. The van der Waals surface area contributed by atoms with Crippen LogP contribution in [0.3, 0.4) is 0 Å². The Balaban J connectivity index is 1.44. The first-order valence-corrected chi connectivity index (χ1v) is 9.99. The van der Waals surface area contributed by atoms with Crippen LogP contribution in [0.2, 0.25) is 5.02 Å². The van der Waals surface area contributed by atoms with Gasteiger partial charge in [0, 0.05) is 24.2 Å². The van der Waals surface area contributed by atoms with Gasteiger partial charge in [0.2, 0.25) is 0 Å². The van der Waals surface area contributed by atoms with Crippen LogP contribution >= 0.6 is 11.6 Å². The van der Waals surface area contributed by atoms with Gasteiger partial charge in [-0.3, -0.25) is 9.20 Å². The lowest BCUT2D eigenvalue weighted by molar-refractivity contribution is 0.0953. The standard InChI is InChI=1S/C23H21ClN4O2/c1-30-20-9-4-17(5-10-20)14-22-27-26-21-11-6-18(15-28(21)22)23(29)25-13-12-16-2-7-19(24)8-3-16/h2-11,15H,12-14H2,1H3,(H,25,29). The van der Waals surface area contributed by atoms with Gasteiger partial charge in [0.1, 0.15) is 11.6 Å². The lowest BCUT2D eigenvalue weighted by Crippen LogP contribution is -2.26. The van der Waals surface area contributed by atoms with E-state index >= 15 is 0 Å². The maximum Gasteiger partial charge on any atom is 0.252 e. The predicted octanol–water partition coefficient (Wildman–Crippen LogP) is 3.95. The van der Waals surface area contributed by atoms with Gasteiger partial charge in [-0.2, -0.15) is 0 Å². The maximum atomic E-state index is 12.6. The molecule has 0 spiro atoms. The number of carbonyl (C=O) groups excluding carboxylic acids is 1. The predicted molar refractivity (Wildman–Crippen MR) is 116 cm³/mol. The van der Waals surface area contributed by atoms with E-state index in [-0.39, 0.29) is 5.91 Å². The Hall–Kier alpha value is -3.38. The van der Waals surface area contributed by atoms with Gasteiger partial charge in [0.05, 0.1) is 12.7 Å². The number of rotatable bonds is 7. The molecule has 0 saturated heterocycles. The third kappa shape index (κ3) is 4.60. The second-order valence-electron chi connectivity index (χ2n) is 6.92. The molecule has 0 atom stereocenters. The number of nitrogens with one attached hydrogen (secondary N) is 1. The molecule has 4 rings (SSSR count). The number of halogens is 1. The third-order valence-corrected chi connectivity index (χ3v) is 5.12. The van der Waals surface area contributed by atoms with E-state index in [0.717, 1.165) is 29.1 Å². The number of hydrogen-bond donors (Lipinski definition) is 1. The van der Waals surface area contributed by atoms with Crippen LogP contribution in [0.4, 0.5) is 0 Å². The van der Waals surface area contributed by atoms with Gasteiger partial charge in [-0.05, 0) is 53.9 Å². The normalized spacial score (nSPS) is 10.9. The summed E-state index contributed by atoms with van der Waals surface area (Å²) in [4.78, 5) is 12.6. The number of pyridine rings is 1. The highest BCUT2D eigenvalue weighted by molar-refractivity contribution is 6.30. The zero-order chi connectivity index (χ0) is 20.9. The van der Waals surface area contributed by atoms with Crippen LogP contribution in [-0.2, 0) is 12.8 Å². The Kier molecular flexibility index (Phi) is 5.95. The molecule has 6 nitrogen and oxygen atoms in total. The molecule has 0 fully saturated rings. The van der Waals surface area contributed by atoms with Gasteiger partial charge in [-0.25, -0.2) is 0 Å². The summed E-state index contributed by atoms with van der Waals surface area (Å²) in [6.07, 6.45) is 3.12. The van der Waals surface area contributed by atoms with Crippen molar-refractivity contribution in [3.8, 4) is 5.75 Å². The fraction of sp³-hybridized carbons (Fsp3) is 0.174. The van der Waals surface area contributed by atoms with Gasteiger partial charge < -0.3 is 10.1 Å². The van der Waals surface area contributed by atoms with E-state index in [0.29, 0.717) is 29.2 Å². The van der Waals surface area contributed by atoms with E-state index in [9.17, 15) is 4.79 Å². The van der Waals surface area contributed by atoms with Gasteiger partial charge >= 0.3 is 0 Å². The van der Waals surface area contributed by atoms with E-state index < -0.39 is 0 Å². The fourth-order valence-corrected chi connectivity index (χ4v) is 3.32.